The van der Waals surface area contributed by atoms with Crippen LogP contribution in [0.2, 0.25) is 0 Å². The summed E-state index contributed by atoms with van der Waals surface area (Å²) in [5, 5.41) is 2.21. The van der Waals surface area contributed by atoms with Crippen LogP contribution in [0.1, 0.15) is 58.9 Å². The second-order valence-electron chi connectivity index (χ2n) is 8.18. The summed E-state index contributed by atoms with van der Waals surface area (Å²) < 4.78 is 0. The molecule has 0 spiro atoms. The number of rotatable bonds is 4. The summed E-state index contributed by atoms with van der Waals surface area (Å²) in [5.74, 6) is -1.44. The number of carbonyl (C=O) groups excluding carboxylic acids is 4. The van der Waals surface area contributed by atoms with E-state index < -0.39 is 23.8 Å². The zero-order valence-electron chi connectivity index (χ0n) is 16.5. The highest BCUT2D eigenvalue weighted by molar-refractivity contribution is 6.23. The molecule has 3 atom stereocenters. The number of piperidine rings is 2. The highest BCUT2D eigenvalue weighted by Gasteiger charge is 2.44. The van der Waals surface area contributed by atoms with Gasteiger partial charge in [0.1, 0.15) is 6.04 Å². The number of nitrogens with one attached hydrogen (secondary N) is 1. The average molecular weight is 398 g/mol. The molecular weight excluding hydrogens is 372 g/mol. The Bertz CT molecular complexity index is 883. The van der Waals surface area contributed by atoms with Gasteiger partial charge < -0.3 is 5.73 Å². The van der Waals surface area contributed by atoms with Gasteiger partial charge in [-0.25, -0.2) is 0 Å². The summed E-state index contributed by atoms with van der Waals surface area (Å²) in [6.07, 6.45) is 2.26. The first kappa shape index (κ1) is 19.7. The van der Waals surface area contributed by atoms with Crippen molar-refractivity contribution in [2.75, 3.05) is 13.1 Å². The molecule has 8 heteroatoms. The molecule has 3 heterocycles. The van der Waals surface area contributed by atoms with E-state index in [0.717, 1.165) is 36.4 Å². The van der Waals surface area contributed by atoms with Crippen LogP contribution in [-0.2, 0) is 16.1 Å². The standard InChI is InChI=1S/C21H26N4O4/c1-2-13-11-24(8-7-16(13)22)10-12-3-4-14-15(9-12)21(29)25(20(14)28)17-5-6-18(26)23-19(17)27/h3-4,9,13,16-17H,2,5-8,10-11,22H2,1H3,(H,23,26,27). The van der Waals surface area contributed by atoms with Gasteiger partial charge in [-0.15, -0.1) is 0 Å². The Morgan fingerprint density at radius 2 is 1.86 bits per heavy atom. The van der Waals surface area contributed by atoms with E-state index in [1.54, 1.807) is 12.1 Å². The van der Waals surface area contributed by atoms with E-state index in [4.69, 9.17) is 5.73 Å². The normalized spacial score (nSPS) is 27.9. The molecule has 3 unspecified atom stereocenters. The molecule has 29 heavy (non-hydrogen) atoms. The van der Waals surface area contributed by atoms with E-state index in [2.05, 4.69) is 17.1 Å². The lowest BCUT2D eigenvalue weighted by Gasteiger charge is -2.36. The smallest absolute Gasteiger partial charge is 0.262 e. The Labute approximate surface area is 169 Å². The SMILES string of the molecule is CCC1CN(Cc2ccc3c(c2)C(=O)N(C2CCC(=O)NC2=O)C3=O)CCC1N. The first-order valence-electron chi connectivity index (χ1n) is 10.2. The molecule has 0 aliphatic carbocycles. The van der Waals surface area contributed by atoms with Crippen LogP contribution in [0.15, 0.2) is 18.2 Å². The minimum absolute atomic E-state index is 0.116. The first-order valence-corrected chi connectivity index (χ1v) is 10.2. The van der Waals surface area contributed by atoms with Crippen LogP contribution in [0.3, 0.4) is 0 Å². The van der Waals surface area contributed by atoms with Crippen molar-refractivity contribution in [3.8, 4) is 0 Å². The zero-order chi connectivity index (χ0) is 20.7. The van der Waals surface area contributed by atoms with Crippen LogP contribution in [-0.4, -0.2) is 58.6 Å². The van der Waals surface area contributed by atoms with Gasteiger partial charge in [-0.2, -0.15) is 0 Å². The molecule has 4 rings (SSSR count). The van der Waals surface area contributed by atoms with Gasteiger partial charge in [0.05, 0.1) is 11.1 Å². The number of nitrogens with zero attached hydrogens (tertiary/aromatic N) is 2. The molecule has 0 radical (unpaired) electrons. The number of fused-ring (bicyclic) bond motifs is 1. The van der Waals surface area contributed by atoms with Crippen LogP contribution < -0.4 is 11.1 Å². The van der Waals surface area contributed by atoms with Crippen molar-refractivity contribution >= 4 is 23.6 Å². The molecule has 0 saturated carbocycles. The van der Waals surface area contributed by atoms with Crippen LogP contribution in [0.4, 0.5) is 0 Å². The Balaban J connectivity index is 1.51. The van der Waals surface area contributed by atoms with Gasteiger partial charge >= 0.3 is 0 Å². The third-order valence-electron chi connectivity index (χ3n) is 6.31. The van der Waals surface area contributed by atoms with Gasteiger partial charge in [0.15, 0.2) is 0 Å². The Hall–Kier alpha value is -2.58. The van der Waals surface area contributed by atoms with Crippen molar-refractivity contribution in [1.82, 2.24) is 15.1 Å². The number of likely N-dealkylation sites (tertiary alicyclic amines) is 1. The van der Waals surface area contributed by atoms with Crippen molar-refractivity contribution in [3.05, 3.63) is 34.9 Å². The number of amides is 4. The second-order valence-corrected chi connectivity index (χ2v) is 8.18. The monoisotopic (exact) mass is 398 g/mol. The quantitative estimate of drug-likeness (QED) is 0.720. The molecule has 3 aliphatic heterocycles. The predicted octanol–water partition coefficient (Wildman–Crippen LogP) is 0.647. The Morgan fingerprint density at radius 1 is 1.10 bits per heavy atom. The number of imide groups is 2. The molecule has 3 aliphatic rings. The van der Waals surface area contributed by atoms with Gasteiger partial charge in [-0.3, -0.25) is 34.3 Å². The molecular formula is C21H26N4O4. The first-order chi connectivity index (χ1) is 13.9. The van der Waals surface area contributed by atoms with Crippen LogP contribution in [0, 0.1) is 5.92 Å². The van der Waals surface area contributed by atoms with Crippen molar-refractivity contribution in [3.63, 3.8) is 0 Å². The van der Waals surface area contributed by atoms with E-state index in [-0.39, 0.29) is 24.8 Å². The van der Waals surface area contributed by atoms with E-state index in [9.17, 15) is 19.2 Å². The van der Waals surface area contributed by atoms with Gasteiger partial charge in [0, 0.05) is 25.6 Å². The molecule has 0 aromatic heterocycles. The number of hydrogen-bond donors (Lipinski definition) is 2. The molecule has 1 aromatic rings. The lowest BCUT2D eigenvalue weighted by Crippen LogP contribution is -2.54. The fraction of sp³-hybridized carbons (Fsp3) is 0.524. The highest BCUT2D eigenvalue weighted by Crippen LogP contribution is 2.29. The lowest BCUT2D eigenvalue weighted by molar-refractivity contribution is -0.136. The minimum Gasteiger partial charge on any atom is -0.327 e. The van der Waals surface area contributed by atoms with Gasteiger partial charge in [-0.1, -0.05) is 19.4 Å². The van der Waals surface area contributed by atoms with E-state index in [1.165, 1.54) is 0 Å². The van der Waals surface area contributed by atoms with E-state index in [0.29, 0.717) is 23.6 Å². The molecule has 2 saturated heterocycles. The van der Waals surface area contributed by atoms with E-state index in [1.807, 2.05) is 6.07 Å². The molecule has 0 bridgehead atoms. The van der Waals surface area contributed by atoms with Crippen molar-refractivity contribution in [1.29, 1.82) is 0 Å². The number of hydrogen-bond acceptors (Lipinski definition) is 6. The topological polar surface area (TPSA) is 113 Å². The van der Waals surface area contributed by atoms with Crippen molar-refractivity contribution in [2.24, 2.45) is 11.7 Å². The summed E-state index contributed by atoms with van der Waals surface area (Å²) in [5.41, 5.74) is 7.80. The van der Waals surface area contributed by atoms with Crippen molar-refractivity contribution < 1.29 is 19.2 Å². The Kier molecular flexibility index (Phi) is 5.23. The highest BCUT2D eigenvalue weighted by atomic mass is 16.2. The van der Waals surface area contributed by atoms with Crippen LogP contribution >= 0.6 is 0 Å². The molecule has 3 N–H and O–H groups in total. The zero-order valence-corrected chi connectivity index (χ0v) is 16.5. The largest absolute Gasteiger partial charge is 0.327 e. The van der Waals surface area contributed by atoms with Gasteiger partial charge in [-0.05, 0) is 43.0 Å². The fourth-order valence-corrected chi connectivity index (χ4v) is 4.58. The average Bonchev–Trinajstić information content (AvgIpc) is 2.94. The maximum absolute atomic E-state index is 12.9. The van der Waals surface area contributed by atoms with Gasteiger partial charge in [0.25, 0.3) is 11.8 Å². The fourth-order valence-electron chi connectivity index (χ4n) is 4.58. The molecule has 4 amide bonds. The van der Waals surface area contributed by atoms with E-state index >= 15 is 0 Å². The number of carbonyl (C=O) groups is 4. The summed E-state index contributed by atoms with van der Waals surface area (Å²) in [7, 11) is 0. The summed E-state index contributed by atoms with van der Waals surface area (Å²) in [4.78, 5) is 52.6. The summed E-state index contributed by atoms with van der Waals surface area (Å²) in [6, 6.07) is 4.60. The number of benzene rings is 1. The summed E-state index contributed by atoms with van der Waals surface area (Å²) >= 11 is 0. The van der Waals surface area contributed by atoms with Crippen molar-refractivity contribution in [2.45, 2.75) is 51.2 Å². The molecule has 2 fully saturated rings. The third-order valence-corrected chi connectivity index (χ3v) is 6.31. The molecule has 8 nitrogen and oxygen atoms in total. The minimum atomic E-state index is -0.933. The second kappa shape index (κ2) is 7.68. The maximum Gasteiger partial charge on any atom is 0.262 e. The number of nitrogens with two attached hydrogens (primary N) is 1. The van der Waals surface area contributed by atoms with Crippen LogP contribution in [0.5, 0.6) is 0 Å². The van der Waals surface area contributed by atoms with Gasteiger partial charge in [0.2, 0.25) is 11.8 Å². The summed E-state index contributed by atoms with van der Waals surface area (Å²) in [6.45, 7) is 4.67. The van der Waals surface area contributed by atoms with Crippen LogP contribution in [0.25, 0.3) is 0 Å². The predicted molar refractivity (Wildman–Crippen MR) is 105 cm³/mol. The Morgan fingerprint density at radius 3 is 2.59 bits per heavy atom. The molecule has 1 aromatic carbocycles. The third kappa shape index (κ3) is 3.58. The molecule has 154 valence electrons. The lowest BCUT2D eigenvalue weighted by atomic mass is 9.90. The maximum atomic E-state index is 12.9.